The number of carbonyl (C=O) groups excluding carboxylic acids is 3. The minimum atomic E-state index is -0.845. The summed E-state index contributed by atoms with van der Waals surface area (Å²) in [6, 6.07) is 13.7. The molecule has 2 atom stereocenters. The molecule has 0 bridgehead atoms. The van der Waals surface area contributed by atoms with Gasteiger partial charge in [0.2, 0.25) is 18.0 Å². The van der Waals surface area contributed by atoms with Crippen molar-refractivity contribution in [3.63, 3.8) is 0 Å². The highest BCUT2D eigenvalue weighted by Gasteiger charge is 2.46. The fraction of sp³-hybridized carbons (Fsp3) is 0.250. The van der Waals surface area contributed by atoms with E-state index in [1.807, 2.05) is 25.1 Å². The Morgan fingerprint density at radius 3 is 2.77 bits per heavy atom. The molecule has 4 rings (SSSR count). The lowest BCUT2D eigenvalue weighted by atomic mass is 10.1. The highest BCUT2D eigenvalue weighted by atomic mass is 16.6. The summed E-state index contributed by atoms with van der Waals surface area (Å²) >= 11 is 0. The average Bonchev–Trinajstić information content (AvgIpc) is 3.15. The molecule has 0 unspecified atom stereocenters. The van der Waals surface area contributed by atoms with Crippen molar-refractivity contribution in [2.75, 3.05) is 5.32 Å². The van der Waals surface area contributed by atoms with Gasteiger partial charge in [0.05, 0.1) is 5.56 Å². The lowest BCUT2D eigenvalue weighted by molar-refractivity contribution is -0.144. The fourth-order valence-electron chi connectivity index (χ4n) is 3.54. The van der Waals surface area contributed by atoms with Crippen LogP contribution in [0.4, 0.5) is 5.69 Å². The molecule has 6 heteroatoms. The lowest BCUT2D eigenvalue weighted by Crippen LogP contribution is -2.43. The number of carbonyl (C=O) groups is 3. The number of nitrogens with one attached hydrogen (secondary N) is 1. The molecule has 1 N–H and O–H groups in total. The van der Waals surface area contributed by atoms with Gasteiger partial charge in [0.25, 0.3) is 0 Å². The van der Waals surface area contributed by atoms with Gasteiger partial charge in [-0.2, -0.15) is 0 Å². The molecular weight excluding hydrogens is 332 g/mol. The van der Waals surface area contributed by atoms with Gasteiger partial charge in [-0.25, -0.2) is 4.79 Å². The lowest BCUT2D eigenvalue weighted by Gasteiger charge is -2.29. The van der Waals surface area contributed by atoms with Crippen LogP contribution in [-0.2, 0) is 14.3 Å². The molecule has 2 aliphatic rings. The summed E-state index contributed by atoms with van der Waals surface area (Å²) in [7, 11) is 0. The van der Waals surface area contributed by atoms with Gasteiger partial charge in [-0.1, -0.05) is 30.3 Å². The van der Waals surface area contributed by atoms with Gasteiger partial charge in [0.1, 0.15) is 6.04 Å². The van der Waals surface area contributed by atoms with Gasteiger partial charge in [0.15, 0.2) is 0 Å². The molecule has 2 heterocycles. The van der Waals surface area contributed by atoms with E-state index in [1.54, 1.807) is 30.3 Å². The maximum absolute atomic E-state index is 12.8. The van der Waals surface area contributed by atoms with Crippen molar-refractivity contribution >= 4 is 23.5 Å². The van der Waals surface area contributed by atoms with Crippen LogP contribution in [0.25, 0.3) is 0 Å². The van der Waals surface area contributed by atoms with E-state index in [2.05, 4.69) is 5.32 Å². The molecule has 1 saturated heterocycles. The van der Waals surface area contributed by atoms with E-state index in [4.69, 9.17) is 4.74 Å². The standard InChI is InChI=1S/C20H18N2O4/c1-12-5-4-6-13(11-12)21-18(24)16-9-10-17(23)22(16)19-14-7-2-3-8-15(14)20(25)26-19/h2-8,11,16,19H,9-10H2,1H3,(H,21,24)/t16-,19+/m1/s1. The minimum Gasteiger partial charge on any atom is -0.433 e. The maximum Gasteiger partial charge on any atom is 0.340 e. The summed E-state index contributed by atoms with van der Waals surface area (Å²) in [6.07, 6.45) is -0.198. The summed E-state index contributed by atoms with van der Waals surface area (Å²) in [5, 5.41) is 2.86. The highest BCUT2D eigenvalue weighted by molar-refractivity contribution is 6.00. The number of rotatable bonds is 3. The average molecular weight is 350 g/mol. The van der Waals surface area contributed by atoms with Crippen LogP contribution in [-0.4, -0.2) is 28.7 Å². The van der Waals surface area contributed by atoms with E-state index in [-0.39, 0.29) is 18.2 Å². The predicted octanol–water partition coefficient (Wildman–Crippen LogP) is 2.79. The number of amides is 2. The number of anilines is 1. The molecule has 6 nitrogen and oxygen atoms in total. The minimum absolute atomic E-state index is 0.191. The predicted molar refractivity (Wildman–Crippen MR) is 94.3 cm³/mol. The quantitative estimate of drug-likeness (QED) is 0.864. The number of ether oxygens (including phenoxy) is 1. The third-order valence-corrected chi connectivity index (χ3v) is 4.76. The summed E-state index contributed by atoms with van der Waals surface area (Å²) in [5.41, 5.74) is 2.77. The monoisotopic (exact) mass is 350 g/mol. The number of esters is 1. The van der Waals surface area contributed by atoms with Crippen LogP contribution >= 0.6 is 0 Å². The molecule has 26 heavy (non-hydrogen) atoms. The Balaban J connectivity index is 1.60. The fourth-order valence-corrected chi connectivity index (χ4v) is 3.54. The first-order valence-electron chi connectivity index (χ1n) is 8.53. The molecule has 132 valence electrons. The first-order valence-corrected chi connectivity index (χ1v) is 8.53. The summed E-state index contributed by atoms with van der Waals surface area (Å²) < 4.78 is 5.42. The summed E-state index contributed by atoms with van der Waals surface area (Å²) in [5.74, 6) is -0.936. The molecule has 0 spiro atoms. The Morgan fingerprint density at radius 2 is 1.96 bits per heavy atom. The van der Waals surface area contributed by atoms with Gasteiger partial charge >= 0.3 is 5.97 Å². The number of fused-ring (bicyclic) bond motifs is 1. The number of aryl methyl sites for hydroxylation is 1. The van der Waals surface area contributed by atoms with E-state index >= 15 is 0 Å². The van der Waals surface area contributed by atoms with Gasteiger partial charge in [-0.05, 0) is 37.1 Å². The number of likely N-dealkylation sites (tertiary alicyclic amines) is 1. The molecule has 0 radical (unpaired) electrons. The van der Waals surface area contributed by atoms with Crippen LogP contribution in [0.15, 0.2) is 48.5 Å². The van der Waals surface area contributed by atoms with Crippen LogP contribution in [0.2, 0.25) is 0 Å². The Hall–Kier alpha value is -3.15. The first-order chi connectivity index (χ1) is 12.5. The van der Waals surface area contributed by atoms with Crippen molar-refractivity contribution in [2.24, 2.45) is 0 Å². The molecule has 0 aromatic heterocycles. The number of benzene rings is 2. The van der Waals surface area contributed by atoms with Crippen molar-refractivity contribution in [1.29, 1.82) is 0 Å². The maximum atomic E-state index is 12.8. The van der Waals surface area contributed by atoms with E-state index in [1.165, 1.54) is 4.90 Å². The van der Waals surface area contributed by atoms with E-state index in [0.717, 1.165) is 5.56 Å². The molecular formula is C20H18N2O4. The number of hydrogen-bond acceptors (Lipinski definition) is 4. The molecule has 1 fully saturated rings. The van der Waals surface area contributed by atoms with E-state index in [0.29, 0.717) is 23.2 Å². The van der Waals surface area contributed by atoms with E-state index < -0.39 is 18.2 Å². The second kappa shape index (κ2) is 6.29. The third kappa shape index (κ3) is 2.73. The molecule has 2 aromatic rings. The van der Waals surface area contributed by atoms with Crippen molar-refractivity contribution < 1.29 is 19.1 Å². The third-order valence-electron chi connectivity index (χ3n) is 4.76. The second-order valence-corrected chi connectivity index (χ2v) is 6.56. The molecule has 0 saturated carbocycles. The van der Waals surface area contributed by atoms with Crippen molar-refractivity contribution in [2.45, 2.75) is 32.0 Å². The smallest absolute Gasteiger partial charge is 0.340 e. The number of hydrogen-bond donors (Lipinski definition) is 1. The van der Waals surface area contributed by atoms with Gasteiger partial charge in [-0.3, -0.25) is 14.5 Å². The van der Waals surface area contributed by atoms with Gasteiger partial charge < -0.3 is 10.1 Å². The number of nitrogens with zero attached hydrogens (tertiary/aromatic N) is 1. The van der Waals surface area contributed by atoms with Crippen LogP contribution in [0.5, 0.6) is 0 Å². The van der Waals surface area contributed by atoms with Crippen molar-refractivity contribution in [3.05, 3.63) is 65.2 Å². The zero-order chi connectivity index (χ0) is 18.3. The largest absolute Gasteiger partial charge is 0.433 e. The molecule has 2 aliphatic heterocycles. The second-order valence-electron chi connectivity index (χ2n) is 6.56. The van der Waals surface area contributed by atoms with Gasteiger partial charge in [0, 0.05) is 17.7 Å². The molecule has 0 aliphatic carbocycles. The summed E-state index contributed by atoms with van der Waals surface area (Å²) in [4.78, 5) is 38.7. The van der Waals surface area contributed by atoms with Crippen molar-refractivity contribution in [3.8, 4) is 0 Å². The molecule has 2 amide bonds. The number of cyclic esters (lactones) is 1. The Kier molecular flexibility index (Phi) is 3.95. The van der Waals surface area contributed by atoms with Crippen LogP contribution in [0.1, 0.15) is 40.6 Å². The Morgan fingerprint density at radius 1 is 1.15 bits per heavy atom. The van der Waals surface area contributed by atoms with Crippen LogP contribution in [0, 0.1) is 6.92 Å². The Bertz CT molecular complexity index is 908. The zero-order valence-electron chi connectivity index (χ0n) is 14.3. The van der Waals surface area contributed by atoms with E-state index in [9.17, 15) is 14.4 Å². The topological polar surface area (TPSA) is 75.7 Å². The van der Waals surface area contributed by atoms with Crippen molar-refractivity contribution in [1.82, 2.24) is 4.90 Å². The SMILES string of the molecule is Cc1cccc(NC(=O)[C@H]2CCC(=O)N2[C@H]2OC(=O)c3ccccc32)c1. The van der Waals surface area contributed by atoms with Crippen LogP contribution in [0.3, 0.4) is 0 Å². The molecule has 2 aromatic carbocycles. The first kappa shape index (κ1) is 16.3. The van der Waals surface area contributed by atoms with Crippen LogP contribution < -0.4 is 5.32 Å². The van der Waals surface area contributed by atoms with Gasteiger partial charge in [-0.15, -0.1) is 0 Å². The Labute approximate surface area is 150 Å². The normalized spacial score (nSPS) is 21.5. The summed E-state index contributed by atoms with van der Waals surface area (Å²) in [6.45, 7) is 1.94. The highest BCUT2D eigenvalue weighted by Crippen LogP contribution is 2.38. The zero-order valence-corrected chi connectivity index (χ0v) is 14.3.